The van der Waals surface area contributed by atoms with Gasteiger partial charge >= 0.3 is 0 Å². The molecule has 170 valence electrons. The van der Waals surface area contributed by atoms with Crippen molar-refractivity contribution in [3.8, 4) is 0 Å². The molecule has 3 aromatic rings. The first kappa shape index (κ1) is 21.2. The van der Waals surface area contributed by atoms with Crippen LogP contribution in [0.15, 0.2) is 28.9 Å². The summed E-state index contributed by atoms with van der Waals surface area (Å²) in [6.45, 7) is 6.74. The Morgan fingerprint density at radius 3 is 2.58 bits per heavy atom. The highest BCUT2D eigenvalue weighted by Gasteiger charge is 2.37. The van der Waals surface area contributed by atoms with Gasteiger partial charge in [-0.25, -0.2) is 14.6 Å². The number of amides is 2. The third-order valence-electron chi connectivity index (χ3n) is 6.48. The lowest BCUT2D eigenvalue weighted by Crippen LogP contribution is -2.37. The lowest BCUT2D eigenvalue weighted by Gasteiger charge is -2.31. The number of nitrogens with zero attached hydrogens (tertiary/aromatic N) is 6. The standard InChI is InChI=1S/C24H26N6O3/c1-14-6-8-17(9-7-14)13-30-20(31)11-10-18-15(2)25-22(26-23(18)30)19-5-4-12-29(19)24(32)21-16(3)27-33-28-21/h6-9,19H,4-5,10-13H2,1-3H3. The van der Waals surface area contributed by atoms with Crippen LogP contribution in [0.2, 0.25) is 0 Å². The molecule has 1 aromatic carbocycles. The number of rotatable bonds is 4. The number of likely N-dealkylation sites (tertiary alicyclic amines) is 1. The van der Waals surface area contributed by atoms with Gasteiger partial charge in [-0.2, -0.15) is 0 Å². The largest absolute Gasteiger partial charge is 0.327 e. The summed E-state index contributed by atoms with van der Waals surface area (Å²) < 4.78 is 4.73. The third-order valence-corrected chi connectivity index (χ3v) is 6.48. The molecule has 9 heteroatoms. The Balaban J connectivity index is 1.50. The van der Waals surface area contributed by atoms with E-state index in [2.05, 4.69) is 10.3 Å². The molecule has 4 heterocycles. The van der Waals surface area contributed by atoms with Gasteiger partial charge in [-0.05, 0) is 50.8 Å². The molecule has 0 N–H and O–H groups in total. The van der Waals surface area contributed by atoms with Gasteiger partial charge in [0.2, 0.25) is 5.91 Å². The van der Waals surface area contributed by atoms with Crippen LogP contribution < -0.4 is 4.90 Å². The number of carbonyl (C=O) groups is 2. The van der Waals surface area contributed by atoms with Gasteiger partial charge in [0.15, 0.2) is 11.5 Å². The van der Waals surface area contributed by atoms with Crippen molar-refractivity contribution in [3.05, 3.63) is 63.9 Å². The summed E-state index contributed by atoms with van der Waals surface area (Å²) in [5.41, 5.74) is 4.75. The number of aryl methyl sites for hydroxylation is 3. The molecule has 2 aliphatic heterocycles. The Hall–Kier alpha value is -3.62. The van der Waals surface area contributed by atoms with Gasteiger partial charge in [-0.15, -0.1) is 0 Å². The van der Waals surface area contributed by atoms with Crippen LogP contribution in [-0.4, -0.2) is 43.5 Å². The summed E-state index contributed by atoms with van der Waals surface area (Å²) in [6.07, 6.45) is 2.66. The highest BCUT2D eigenvalue weighted by molar-refractivity contribution is 5.95. The van der Waals surface area contributed by atoms with Gasteiger partial charge in [0.05, 0.1) is 12.6 Å². The Labute approximate surface area is 191 Å². The fourth-order valence-corrected chi connectivity index (χ4v) is 4.63. The normalized spacial score (nSPS) is 18.0. The SMILES string of the molecule is Cc1ccc(CN2C(=O)CCc3c(C)nc(C4CCCN4C(=O)c4nonc4C)nc32)cc1. The van der Waals surface area contributed by atoms with Crippen LogP contribution in [0.4, 0.5) is 5.82 Å². The topological polar surface area (TPSA) is 105 Å². The molecule has 1 unspecified atom stereocenters. The maximum Gasteiger partial charge on any atom is 0.278 e. The quantitative estimate of drug-likeness (QED) is 0.606. The van der Waals surface area contributed by atoms with Crippen molar-refractivity contribution in [3.63, 3.8) is 0 Å². The van der Waals surface area contributed by atoms with Crippen LogP contribution in [0, 0.1) is 20.8 Å². The van der Waals surface area contributed by atoms with Crippen molar-refractivity contribution in [2.45, 2.75) is 59.0 Å². The zero-order valence-electron chi connectivity index (χ0n) is 19.0. The molecule has 2 amide bonds. The molecule has 5 rings (SSSR count). The maximum atomic E-state index is 13.1. The molecule has 2 aromatic heterocycles. The summed E-state index contributed by atoms with van der Waals surface area (Å²) in [6, 6.07) is 7.89. The molecule has 0 radical (unpaired) electrons. The lowest BCUT2D eigenvalue weighted by molar-refractivity contribution is -0.119. The number of hydrogen-bond donors (Lipinski definition) is 0. The van der Waals surface area contributed by atoms with Crippen molar-refractivity contribution in [1.29, 1.82) is 0 Å². The molecule has 0 spiro atoms. The number of fused-ring (bicyclic) bond motifs is 1. The van der Waals surface area contributed by atoms with Gasteiger partial charge in [0, 0.05) is 24.2 Å². The van der Waals surface area contributed by atoms with Crippen molar-refractivity contribution < 1.29 is 14.2 Å². The van der Waals surface area contributed by atoms with Gasteiger partial charge < -0.3 is 4.90 Å². The van der Waals surface area contributed by atoms with Crippen molar-refractivity contribution in [2.75, 3.05) is 11.4 Å². The van der Waals surface area contributed by atoms with Crippen LogP contribution in [0.25, 0.3) is 0 Å². The van der Waals surface area contributed by atoms with E-state index in [1.54, 1.807) is 16.7 Å². The summed E-state index contributed by atoms with van der Waals surface area (Å²) in [5, 5.41) is 7.51. The molecule has 1 atom stereocenters. The first-order chi connectivity index (χ1) is 15.9. The molecule has 1 fully saturated rings. The molecule has 9 nitrogen and oxygen atoms in total. The first-order valence-electron chi connectivity index (χ1n) is 11.3. The lowest BCUT2D eigenvalue weighted by atomic mass is 10.0. The second-order valence-electron chi connectivity index (χ2n) is 8.79. The van der Waals surface area contributed by atoms with Crippen LogP contribution >= 0.6 is 0 Å². The van der Waals surface area contributed by atoms with Crippen LogP contribution in [-0.2, 0) is 17.8 Å². The summed E-state index contributed by atoms with van der Waals surface area (Å²) in [7, 11) is 0. The van der Waals surface area contributed by atoms with Crippen molar-refractivity contribution in [1.82, 2.24) is 25.2 Å². The smallest absolute Gasteiger partial charge is 0.278 e. The monoisotopic (exact) mass is 446 g/mol. The second kappa shape index (κ2) is 8.38. The zero-order chi connectivity index (χ0) is 23.1. The highest BCUT2D eigenvalue weighted by atomic mass is 16.6. The minimum absolute atomic E-state index is 0.0516. The van der Waals surface area contributed by atoms with Gasteiger partial charge in [0.25, 0.3) is 5.91 Å². The maximum absolute atomic E-state index is 13.1. The molecular formula is C24H26N6O3. The summed E-state index contributed by atoms with van der Waals surface area (Å²) in [5.74, 6) is 1.04. The molecule has 2 aliphatic rings. The molecule has 0 saturated carbocycles. The van der Waals surface area contributed by atoms with E-state index in [0.717, 1.165) is 29.7 Å². The van der Waals surface area contributed by atoms with E-state index in [0.29, 0.717) is 43.3 Å². The van der Waals surface area contributed by atoms with E-state index in [9.17, 15) is 9.59 Å². The van der Waals surface area contributed by atoms with E-state index >= 15 is 0 Å². The van der Waals surface area contributed by atoms with Gasteiger partial charge in [-0.3, -0.25) is 14.5 Å². The number of benzene rings is 1. The van der Waals surface area contributed by atoms with Gasteiger partial charge in [-0.1, -0.05) is 35.0 Å². The Morgan fingerprint density at radius 1 is 1.06 bits per heavy atom. The number of anilines is 1. The minimum Gasteiger partial charge on any atom is -0.327 e. The average molecular weight is 447 g/mol. The number of carbonyl (C=O) groups excluding carboxylic acids is 2. The molecule has 0 bridgehead atoms. The molecular weight excluding hydrogens is 420 g/mol. The van der Waals surface area contributed by atoms with E-state index < -0.39 is 0 Å². The fraction of sp³-hybridized carbons (Fsp3) is 0.417. The summed E-state index contributed by atoms with van der Waals surface area (Å²) in [4.78, 5) is 39.2. The van der Waals surface area contributed by atoms with E-state index in [-0.39, 0.29) is 23.6 Å². The van der Waals surface area contributed by atoms with Crippen LogP contribution in [0.3, 0.4) is 0 Å². The van der Waals surface area contributed by atoms with Crippen molar-refractivity contribution >= 4 is 17.6 Å². The van der Waals surface area contributed by atoms with Crippen LogP contribution in [0.1, 0.15) is 69.7 Å². The molecule has 33 heavy (non-hydrogen) atoms. The Morgan fingerprint density at radius 2 is 1.85 bits per heavy atom. The van der Waals surface area contributed by atoms with Gasteiger partial charge in [0.1, 0.15) is 11.5 Å². The number of hydrogen-bond acceptors (Lipinski definition) is 7. The Kier molecular flexibility index (Phi) is 5.39. The second-order valence-corrected chi connectivity index (χ2v) is 8.79. The van der Waals surface area contributed by atoms with E-state index in [4.69, 9.17) is 14.6 Å². The van der Waals surface area contributed by atoms with Crippen molar-refractivity contribution in [2.24, 2.45) is 0 Å². The minimum atomic E-state index is -0.282. The number of aromatic nitrogens is 4. The van der Waals surface area contributed by atoms with E-state index in [1.165, 1.54) is 5.56 Å². The average Bonchev–Trinajstić information content (AvgIpc) is 3.46. The highest BCUT2D eigenvalue weighted by Crippen LogP contribution is 2.35. The Bertz CT molecular complexity index is 1220. The zero-order valence-corrected chi connectivity index (χ0v) is 19.0. The molecule has 1 saturated heterocycles. The third kappa shape index (κ3) is 3.88. The summed E-state index contributed by atoms with van der Waals surface area (Å²) >= 11 is 0. The van der Waals surface area contributed by atoms with Crippen LogP contribution in [0.5, 0.6) is 0 Å². The fourth-order valence-electron chi connectivity index (χ4n) is 4.63. The predicted octanol–water partition coefficient (Wildman–Crippen LogP) is 3.24. The predicted molar refractivity (Wildman–Crippen MR) is 120 cm³/mol. The molecule has 0 aliphatic carbocycles. The van der Waals surface area contributed by atoms with E-state index in [1.807, 2.05) is 38.1 Å². The first-order valence-corrected chi connectivity index (χ1v) is 11.3.